The topological polar surface area (TPSA) is 8.17 Å². The molecule has 0 unspecified atom stereocenters. The second-order valence-corrected chi connectivity index (χ2v) is 13.4. The van der Waals surface area contributed by atoms with E-state index in [9.17, 15) is 0 Å². The van der Waals surface area contributed by atoms with Gasteiger partial charge in [0.05, 0.1) is 16.7 Å². The molecule has 244 valence electrons. The van der Waals surface area contributed by atoms with E-state index in [0.717, 1.165) is 17.1 Å². The monoisotopic (exact) mass is 662 g/mol. The third kappa shape index (κ3) is 5.04. The molecular formula is C50H34N2. The van der Waals surface area contributed by atoms with Crippen molar-refractivity contribution < 1.29 is 0 Å². The summed E-state index contributed by atoms with van der Waals surface area (Å²) in [7, 11) is 0. The van der Waals surface area contributed by atoms with E-state index in [4.69, 9.17) is 0 Å². The van der Waals surface area contributed by atoms with Crippen LogP contribution in [0.15, 0.2) is 206 Å². The van der Waals surface area contributed by atoms with Crippen LogP contribution in [0.25, 0.3) is 71.3 Å². The van der Waals surface area contributed by atoms with Crippen LogP contribution in [0, 0.1) is 0 Å². The molecule has 0 amide bonds. The molecule has 1 aromatic heterocycles. The number of rotatable bonds is 6. The van der Waals surface area contributed by atoms with Crippen LogP contribution >= 0.6 is 0 Å². The molecule has 0 aliphatic carbocycles. The normalized spacial score (nSPS) is 11.5. The molecule has 0 bridgehead atoms. The highest BCUT2D eigenvalue weighted by Crippen LogP contribution is 2.41. The van der Waals surface area contributed by atoms with Gasteiger partial charge in [-0.3, -0.25) is 0 Å². The lowest BCUT2D eigenvalue weighted by Gasteiger charge is -2.27. The zero-order valence-electron chi connectivity index (χ0n) is 28.5. The highest BCUT2D eigenvalue weighted by atomic mass is 15.1. The van der Waals surface area contributed by atoms with Crippen LogP contribution in [0.1, 0.15) is 0 Å². The van der Waals surface area contributed by atoms with Crippen LogP contribution in [-0.4, -0.2) is 4.57 Å². The summed E-state index contributed by atoms with van der Waals surface area (Å²) in [6.45, 7) is 0. The fraction of sp³-hybridized carbons (Fsp3) is 0. The van der Waals surface area contributed by atoms with Crippen molar-refractivity contribution in [2.75, 3.05) is 4.90 Å². The summed E-state index contributed by atoms with van der Waals surface area (Å²) >= 11 is 0. The van der Waals surface area contributed by atoms with Crippen molar-refractivity contribution >= 4 is 60.4 Å². The van der Waals surface area contributed by atoms with Crippen molar-refractivity contribution in [3.63, 3.8) is 0 Å². The Kier molecular flexibility index (Phi) is 7.18. The molecule has 9 aromatic carbocycles. The fourth-order valence-corrected chi connectivity index (χ4v) is 7.92. The van der Waals surface area contributed by atoms with Gasteiger partial charge in [-0.1, -0.05) is 152 Å². The minimum atomic E-state index is 1.10. The second kappa shape index (κ2) is 12.5. The van der Waals surface area contributed by atoms with Gasteiger partial charge in [-0.05, 0) is 92.8 Å². The predicted molar refractivity (Wildman–Crippen MR) is 221 cm³/mol. The number of aromatic nitrogens is 1. The Morgan fingerprint density at radius 2 is 0.962 bits per heavy atom. The Hall–Kier alpha value is -6.90. The zero-order valence-corrected chi connectivity index (χ0v) is 28.5. The lowest BCUT2D eigenvalue weighted by atomic mass is 10.0. The summed E-state index contributed by atoms with van der Waals surface area (Å²) in [5, 5.41) is 7.54. The molecule has 0 N–H and O–H groups in total. The minimum absolute atomic E-state index is 1.10. The van der Waals surface area contributed by atoms with Crippen LogP contribution in [-0.2, 0) is 0 Å². The zero-order chi connectivity index (χ0) is 34.4. The van der Waals surface area contributed by atoms with E-state index in [2.05, 4.69) is 216 Å². The molecule has 1 heterocycles. The SMILES string of the molecule is c1ccc(-c2cccc(N(c3ccc(-c4ccccc4-n4c5ccccc5c5c6ccccc6ccc54)cc3)c3ccc4ccccc4c3)c2)cc1. The molecule has 0 spiro atoms. The number of hydrogen-bond acceptors (Lipinski definition) is 1. The van der Waals surface area contributed by atoms with Gasteiger partial charge >= 0.3 is 0 Å². The Labute approximate surface area is 303 Å². The standard InChI is InChI=1S/C50H34N2/c1-2-13-35(14-3-1)40-18-12-19-42(33-40)51(43-31-25-36-15-4-5-17-39(36)34-43)41-29-26-38(27-30-41)44-20-8-10-23-47(44)52-48-24-11-9-22-46(48)50-45-21-7-6-16-37(45)28-32-49(50)52/h1-34H. The van der Waals surface area contributed by atoms with Gasteiger partial charge in [0.25, 0.3) is 0 Å². The maximum Gasteiger partial charge on any atom is 0.0547 e. The fourth-order valence-electron chi connectivity index (χ4n) is 7.92. The Balaban J connectivity index is 1.12. The first-order valence-corrected chi connectivity index (χ1v) is 17.9. The summed E-state index contributed by atoms with van der Waals surface area (Å²) in [4.78, 5) is 2.37. The molecule has 0 atom stereocenters. The maximum atomic E-state index is 2.44. The van der Waals surface area contributed by atoms with E-state index >= 15 is 0 Å². The van der Waals surface area contributed by atoms with E-state index < -0.39 is 0 Å². The summed E-state index contributed by atoms with van der Waals surface area (Å²) in [5.41, 5.74) is 11.7. The van der Waals surface area contributed by atoms with E-state index in [-0.39, 0.29) is 0 Å². The molecule has 0 aliphatic heterocycles. The number of benzene rings is 9. The van der Waals surface area contributed by atoms with Crippen LogP contribution < -0.4 is 4.90 Å². The second-order valence-electron chi connectivity index (χ2n) is 13.4. The molecular weight excluding hydrogens is 629 g/mol. The first kappa shape index (κ1) is 30.0. The van der Waals surface area contributed by atoms with E-state index in [1.54, 1.807) is 0 Å². The number of fused-ring (bicyclic) bond motifs is 6. The van der Waals surface area contributed by atoms with E-state index in [1.165, 1.54) is 71.3 Å². The molecule has 0 saturated carbocycles. The first-order valence-electron chi connectivity index (χ1n) is 17.9. The molecule has 2 heteroatoms. The average molecular weight is 663 g/mol. The molecule has 0 radical (unpaired) electrons. The van der Waals surface area contributed by atoms with E-state index in [1.807, 2.05) is 0 Å². The van der Waals surface area contributed by atoms with Crippen molar-refractivity contribution in [2.24, 2.45) is 0 Å². The Bertz CT molecular complexity index is 2900. The maximum absolute atomic E-state index is 2.44. The van der Waals surface area contributed by atoms with Crippen LogP contribution in [0.5, 0.6) is 0 Å². The molecule has 10 rings (SSSR count). The van der Waals surface area contributed by atoms with Crippen LogP contribution in [0.4, 0.5) is 17.1 Å². The first-order chi connectivity index (χ1) is 25.8. The number of nitrogens with zero attached hydrogens (tertiary/aromatic N) is 2. The lowest BCUT2D eigenvalue weighted by molar-refractivity contribution is 1.18. The summed E-state index contributed by atoms with van der Waals surface area (Å²) in [5.74, 6) is 0. The average Bonchev–Trinajstić information content (AvgIpc) is 3.56. The minimum Gasteiger partial charge on any atom is -0.310 e. The molecule has 0 fully saturated rings. The third-order valence-corrected chi connectivity index (χ3v) is 10.3. The van der Waals surface area contributed by atoms with Crippen molar-refractivity contribution in [2.45, 2.75) is 0 Å². The van der Waals surface area contributed by atoms with Crippen molar-refractivity contribution in [3.05, 3.63) is 206 Å². The van der Waals surface area contributed by atoms with Gasteiger partial charge in [-0.2, -0.15) is 0 Å². The van der Waals surface area contributed by atoms with E-state index in [0.29, 0.717) is 0 Å². The Morgan fingerprint density at radius 1 is 0.327 bits per heavy atom. The van der Waals surface area contributed by atoms with Crippen molar-refractivity contribution in [1.82, 2.24) is 4.57 Å². The lowest BCUT2D eigenvalue weighted by Crippen LogP contribution is -2.10. The van der Waals surface area contributed by atoms with Gasteiger partial charge in [0.2, 0.25) is 0 Å². The summed E-state index contributed by atoms with van der Waals surface area (Å²) in [6, 6.07) is 74.6. The molecule has 0 aliphatic rings. The largest absolute Gasteiger partial charge is 0.310 e. The quantitative estimate of drug-likeness (QED) is 0.172. The highest BCUT2D eigenvalue weighted by molar-refractivity contribution is 6.21. The third-order valence-electron chi connectivity index (χ3n) is 10.3. The molecule has 2 nitrogen and oxygen atoms in total. The van der Waals surface area contributed by atoms with Gasteiger partial charge in [0.1, 0.15) is 0 Å². The van der Waals surface area contributed by atoms with Crippen LogP contribution in [0.3, 0.4) is 0 Å². The summed E-state index contributed by atoms with van der Waals surface area (Å²) < 4.78 is 2.44. The number of para-hydroxylation sites is 2. The predicted octanol–water partition coefficient (Wildman–Crippen LogP) is 13.9. The molecule has 52 heavy (non-hydrogen) atoms. The number of hydrogen-bond donors (Lipinski definition) is 0. The van der Waals surface area contributed by atoms with Crippen molar-refractivity contribution in [3.8, 4) is 27.9 Å². The molecule has 0 saturated heterocycles. The van der Waals surface area contributed by atoms with Crippen molar-refractivity contribution in [1.29, 1.82) is 0 Å². The van der Waals surface area contributed by atoms with Gasteiger partial charge in [0.15, 0.2) is 0 Å². The summed E-state index contributed by atoms with van der Waals surface area (Å²) in [6.07, 6.45) is 0. The van der Waals surface area contributed by atoms with Gasteiger partial charge in [-0.25, -0.2) is 0 Å². The Morgan fingerprint density at radius 3 is 1.83 bits per heavy atom. The highest BCUT2D eigenvalue weighted by Gasteiger charge is 2.18. The van der Waals surface area contributed by atoms with Gasteiger partial charge in [0, 0.05) is 33.4 Å². The van der Waals surface area contributed by atoms with Gasteiger partial charge in [-0.15, -0.1) is 0 Å². The smallest absolute Gasteiger partial charge is 0.0547 e. The molecule has 10 aromatic rings. The number of anilines is 3. The van der Waals surface area contributed by atoms with Gasteiger partial charge < -0.3 is 9.47 Å². The van der Waals surface area contributed by atoms with Crippen LogP contribution in [0.2, 0.25) is 0 Å².